The number of methoxy groups -OCH3 is 2. The lowest BCUT2D eigenvalue weighted by Gasteiger charge is -2.16. The summed E-state index contributed by atoms with van der Waals surface area (Å²) in [6.45, 7) is 8.55. The topological polar surface area (TPSA) is 273 Å². The number of thiophene rings is 2. The van der Waals surface area contributed by atoms with E-state index in [-0.39, 0.29) is 110 Å². The van der Waals surface area contributed by atoms with Crippen LogP contribution in [0.4, 0.5) is 17.1 Å². The molecule has 81 heavy (non-hydrogen) atoms. The van der Waals surface area contributed by atoms with Crippen LogP contribution in [0.1, 0.15) is 128 Å². The molecule has 0 aliphatic rings. The molecule has 6 aromatic rings. The summed E-state index contributed by atoms with van der Waals surface area (Å²) in [5.74, 6) is -3.26. The van der Waals surface area contributed by atoms with Crippen molar-refractivity contribution in [2.75, 3.05) is 30.6 Å². The number of ketones is 4. The van der Waals surface area contributed by atoms with Crippen molar-refractivity contribution >= 4 is 131 Å². The molecule has 22 heteroatoms. The van der Waals surface area contributed by atoms with Gasteiger partial charge in [-0.15, -0.1) is 35.1 Å². The third-order valence-corrected chi connectivity index (χ3v) is 15.5. The van der Waals surface area contributed by atoms with Crippen molar-refractivity contribution in [2.24, 2.45) is 25.9 Å². The number of aryl methyl sites for hydroxylation is 3. The standard InChI is InChI=1S/C30H37N3O6S.C29H36N4O6S.ClH/c1-18-12-25(33(4)17-18)30(38)32-22-10-11-27-21(14-22)15-24(40-27)16-26(35)20(3)31-29(37)19(2)13-23(34)8-6-7-9-28(36)39-5;1-17(11-22(34)7-5-6-8-27(36)39-4)28(37)31-18(2)25(35)15-23-13-19-12-21(9-10-26(19)40-23)32-29(38)24-14-20(30)16-33(24)3;/h10-12,14-15,17,19-20H,6-9,13,16H2,1-5H3,(H,31,37)(H,32,38);9-10,12-14,16-18H,5-8,11,15,30H2,1-4H3,(H,31,37)(H,32,38);1H/t19-,20+;17-,18+;/m11./s1. The van der Waals surface area contributed by atoms with Crippen molar-refractivity contribution in [3.63, 3.8) is 0 Å². The molecule has 4 aromatic heterocycles. The molecule has 6 rings (SSSR count). The predicted octanol–water partition coefficient (Wildman–Crippen LogP) is 9.19. The minimum absolute atomic E-state index is 0. The summed E-state index contributed by atoms with van der Waals surface area (Å²) in [6.07, 6.45) is 7.41. The number of nitrogens with zero attached hydrogens (tertiary/aromatic N) is 2. The second-order valence-electron chi connectivity index (χ2n) is 20.2. The number of anilines is 3. The second-order valence-corrected chi connectivity index (χ2v) is 22.6. The normalized spacial score (nSPS) is 12.4. The van der Waals surface area contributed by atoms with Crippen LogP contribution in [-0.4, -0.2) is 94.1 Å². The van der Waals surface area contributed by atoms with Crippen molar-refractivity contribution in [1.82, 2.24) is 19.8 Å². The first-order valence-electron chi connectivity index (χ1n) is 26.5. The molecule has 0 aliphatic carbocycles. The van der Waals surface area contributed by atoms with Crippen molar-refractivity contribution in [3.05, 3.63) is 99.8 Å². The Morgan fingerprint density at radius 1 is 0.556 bits per heavy atom. The van der Waals surface area contributed by atoms with Crippen molar-refractivity contribution in [2.45, 2.75) is 124 Å². The molecule has 0 saturated carbocycles. The van der Waals surface area contributed by atoms with Crippen LogP contribution in [0.2, 0.25) is 0 Å². The zero-order valence-corrected chi connectivity index (χ0v) is 49.8. The van der Waals surface area contributed by atoms with Gasteiger partial charge in [0.15, 0.2) is 11.6 Å². The number of carbonyl (C=O) groups excluding carboxylic acids is 10. The van der Waals surface area contributed by atoms with Gasteiger partial charge < -0.3 is 45.6 Å². The minimum atomic E-state index is -0.706. The van der Waals surface area contributed by atoms with Gasteiger partial charge in [-0.05, 0) is 123 Å². The lowest BCUT2D eigenvalue weighted by atomic mass is 9.99. The number of halogens is 1. The molecular formula is C59H74ClN7O12S2. The third-order valence-electron chi connectivity index (χ3n) is 13.3. The first kappa shape index (κ1) is 66.0. The van der Waals surface area contributed by atoms with Crippen LogP contribution in [0.15, 0.2) is 73.1 Å². The predicted molar refractivity (Wildman–Crippen MR) is 318 cm³/mol. The SMILES string of the molecule is COC(=O)CCCCC(=O)C[C@@H](C)C(=O)N[C@@H](C)C(=O)Cc1cc2cc(NC(=O)c3cc(C)cn3C)ccc2s1.COC(=O)CCCCC(=O)C[C@@H](C)C(=O)N[C@@H](C)C(=O)Cc1cc2cc(NC(=O)c3cc(N)cn3C)ccc2s1.Cl. The van der Waals surface area contributed by atoms with E-state index in [9.17, 15) is 47.9 Å². The Labute approximate surface area is 485 Å². The zero-order chi connectivity index (χ0) is 58.8. The fraction of sp³-hybridized carbons (Fsp3) is 0.424. The molecular weight excluding hydrogens is 1100 g/mol. The van der Waals surface area contributed by atoms with Crippen LogP contribution in [0.3, 0.4) is 0 Å². The van der Waals surface area contributed by atoms with E-state index in [4.69, 9.17) is 5.73 Å². The fourth-order valence-corrected chi connectivity index (χ4v) is 10.8. The monoisotopic (exact) mass is 1170 g/mol. The van der Waals surface area contributed by atoms with Gasteiger partial charge in [0.05, 0.1) is 32.0 Å². The number of hydrogen-bond donors (Lipinski definition) is 5. The Bertz CT molecular complexity index is 3030. The third kappa shape index (κ3) is 20.5. The van der Waals surface area contributed by atoms with E-state index in [1.807, 2.05) is 68.7 Å². The van der Waals surface area contributed by atoms with Gasteiger partial charge in [0.1, 0.15) is 23.0 Å². The maximum absolute atomic E-state index is 12.9. The molecule has 436 valence electrons. The summed E-state index contributed by atoms with van der Waals surface area (Å²) in [6, 6.07) is 17.1. The highest BCUT2D eigenvalue weighted by molar-refractivity contribution is 7.19. The average molecular weight is 1170 g/mol. The number of hydrogen-bond acceptors (Lipinski definition) is 15. The number of fused-ring (bicyclic) bond motifs is 2. The molecule has 0 radical (unpaired) electrons. The number of nitrogen functional groups attached to an aromatic ring is 1. The quantitative estimate of drug-likeness (QED) is 0.0227. The van der Waals surface area contributed by atoms with Gasteiger partial charge in [0.25, 0.3) is 11.8 Å². The Balaban J connectivity index is 0.000000344. The van der Waals surface area contributed by atoms with Crippen LogP contribution in [-0.2, 0) is 74.8 Å². The fourth-order valence-electron chi connectivity index (χ4n) is 8.67. The van der Waals surface area contributed by atoms with Crippen LogP contribution in [0.25, 0.3) is 20.2 Å². The number of unbranched alkanes of at least 4 members (excludes halogenated alkanes) is 2. The zero-order valence-electron chi connectivity index (χ0n) is 47.3. The number of ether oxygens (including phenoxy) is 2. The number of Topliss-reactive ketones (excluding diaryl/α,β-unsaturated/α-hetero) is 4. The molecule has 0 unspecified atom stereocenters. The lowest BCUT2D eigenvalue weighted by molar-refractivity contribution is -0.141. The highest BCUT2D eigenvalue weighted by Gasteiger charge is 2.25. The number of esters is 2. The van der Waals surface area contributed by atoms with Gasteiger partial charge in [-0.3, -0.25) is 47.9 Å². The number of amides is 4. The second kappa shape index (κ2) is 31.5. The first-order chi connectivity index (χ1) is 37.9. The van der Waals surface area contributed by atoms with Crippen LogP contribution in [0, 0.1) is 18.8 Å². The smallest absolute Gasteiger partial charge is 0.305 e. The van der Waals surface area contributed by atoms with E-state index < -0.39 is 23.9 Å². The lowest BCUT2D eigenvalue weighted by Crippen LogP contribution is -2.42. The van der Waals surface area contributed by atoms with E-state index in [0.29, 0.717) is 67.0 Å². The van der Waals surface area contributed by atoms with E-state index in [2.05, 4.69) is 30.7 Å². The Morgan fingerprint density at radius 3 is 1.32 bits per heavy atom. The van der Waals surface area contributed by atoms with Crippen LogP contribution in [0.5, 0.6) is 0 Å². The first-order valence-corrected chi connectivity index (χ1v) is 28.1. The van der Waals surface area contributed by atoms with Gasteiger partial charge in [0.2, 0.25) is 11.8 Å². The number of rotatable bonds is 28. The van der Waals surface area contributed by atoms with Gasteiger partial charge in [-0.25, -0.2) is 0 Å². The number of aromatic nitrogens is 2. The Kier molecular flexibility index (Phi) is 25.7. The van der Waals surface area contributed by atoms with E-state index in [1.54, 1.807) is 62.2 Å². The maximum Gasteiger partial charge on any atom is 0.305 e. The molecule has 0 saturated heterocycles. The molecule has 6 N–H and O–H groups in total. The summed E-state index contributed by atoms with van der Waals surface area (Å²) in [7, 11) is 6.23. The van der Waals surface area contributed by atoms with E-state index >= 15 is 0 Å². The molecule has 0 spiro atoms. The molecule has 2 aromatic carbocycles. The molecule has 4 amide bonds. The molecule has 4 atom stereocenters. The molecule has 0 bridgehead atoms. The van der Waals surface area contributed by atoms with E-state index in [0.717, 1.165) is 35.5 Å². The van der Waals surface area contributed by atoms with Crippen LogP contribution < -0.4 is 27.0 Å². The highest BCUT2D eigenvalue weighted by atomic mass is 35.5. The summed E-state index contributed by atoms with van der Waals surface area (Å²) in [5.41, 5.74) is 9.58. The van der Waals surface area contributed by atoms with E-state index in [1.165, 1.54) is 36.9 Å². The van der Waals surface area contributed by atoms with Gasteiger partial charge in [0, 0.05) is 120 Å². The molecule has 0 fully saturated rings. The van der Waals surface area contributed by atoms with Crippen molar-refractivity contribution in [3.8, 4) is 0 Å². The van der Waals surface area contributed by atoms with Gasteiger partial charge in [-0.1, -0.05) is 13.8 Å². The Morgan fingerprint density at radius 2 is 0.951 bits per heavy atom. The summed E-state index contributed by atoms with van der Waals surface area (Å²) >= 11 is 2.97. The number of nitrogens with one attached hydrogen (secondary N) is 4. The Hall–Kier alpha value is -7.49. The molecule has 19 nitrogen and oxygen atoms in total. The number of carbonyl (C=O) groups is 10. The largest absolute Gasteiger partial charge is 0.469 e. The van der Waals surface area contributed by atoms with Gasteiger partial charge in [-0.2, -0.15) is 0 Å². The minimum Gasteiger partial charge on any atom is -0.469 e. The highest BCUT2D eigenvalue weighted by Crippen LogP contribution is 2.31. The number of nitrogens with two attached hydrogens (primary N) is 1. The average Bonchev–Trinajstić information content (AvgIpc) is 4.20. The molecule has 0 aliphatic heterocycles. The summed E-state index contributed by atoms with van der Waals surface area (Å²) < 4.78 is 14.6. The van der Waals surface area contributed by atoms with Gasteiger partial charge >= 0.3 is 11.9 Å². The van der Waals surface area contributed by atoms with Crippen molar-refractivity contribution in [1.29, 1.82) is 0 Å². The molecule has 4 heterocycles. The maximum atomic E-state index is 12.9. The number of benzene rings is 2. The van der Waals surface area contributed by atoms with Crippen LogP contribution >= 0.6 is 35.1 Å². The summed E-state index contributed by atoms with van der Waals surface area (Å²) in [4.78, 5) is 125. The van der Waals surface area contributed by atoms with Crippen molar-refractivity contribution < 1.29 is 57.4 Å². The summed E-state index contributed by atoms with van der Waals surface area (Å²) in [5, 5.41) is 13.1.